The van der Waals surface area contributed by atoms with Crippen LogP contribution >= 0.6 is 0 Å². The summed E-state index contributed by atoms with van der Waals surface area (Å²) >= 11 is 0. The van der Waals surface area contributed by atoms with E-state index < -0.39 is 10.8 Å². The molecule has 23 heavy (non-hydrogen) atoms. The number of nitrogens with one attached hydrogen (secondary N) is 1. The van der Waals surface area contributed by atoms with Crippen LogP contribution in [0.25, 0.3) is 0 Å². The lowest BCUT2D eigenvalue weighted by Crippen LogP contribution is -2.17. The second-order valence-corrected chi connectivity index (χ2v) is 4.75. The van der Waals surface area contributed by atoms with E-state index >= 15 is 0 Å². The summed E-state index contributed by atoms with van der Waals surface area (Å²) in [6.07, 6.45) is 1.88. The average Bonchev–Trinajstić information content (AvgIpc) is 2.54. The minimum atomic E-state index is -0.489. The molecule has 0 heterocycles. The molecule has 0 aromatic heterocycles. The van der Waals surface area contributed by atoms with Crippen LogP contribution in [-0.2, 0) is 6.42 Å². The first-order chi connectivity index (χ1) is 11.0. The molecule has 2 rings (SSSR count). The van der Waals surface area contributed by atoms with Gasteiger partial charge in [0.2, 0.25) is 0 Å². The number of nitrogens with zero attached hydrogens (tertiary/aromatic N) is 2. The lowest BCUT2D eigenvalue weighted by Gasteiger charge is -2.02. The first kappa shape index (κ1) is 16.2. The van der Waals surface area contributed by atoms with Gasteiger partial charge >= 0.3 is 0 Å². The Hall–Kier alpha value is -3.22. The highest BCUT2D eigenvalue weighted by molar-refractivity contribution is 5.95. The summed E-state index contributed by atoms with van der Waals surface area (Å²) in [5, 5.41) is 24.1. The van der Waals surface area contributed by atoms with Crippen LogP contribution in [0, 0.1) is 10.1 Å². The lowest BCUT2D eigenvalue weighted by atomic mass is 10.1. The molecule has 2 N–H and O–H groups in total. The lowest BCUT2D eigenvalue weighted by molar-refractivity contribution is -0.385. The van der Waals surface area contributed by atoms with Gasteiger partial charge in [0.15, 0.2) is 0 Å². The summed E-state index contributed by atoms with van der Waals surface area (Å²) in [7, 11) is 0. The zero-order valence-electron chi connectivity index (χ0n) is 12.4. The van der Waals surface area contributed by atoms with Gasteiger partial charge in [-0.05, 0) is 24.6 Å². The fourth-order valence-corrected chi connectivity index (χ4v) is 2.01. The second kappa shape index (κ2) is 7.17. The third kappa shape index (κ3) is 4.13. The number of hydrogen-bond donors (Lipinski definition) is 2. The number of carbonyl (C=O) groups excluding carboxylic acids is 1. The SMILES string of the molecule is CCc1ccc(/C=N\NC(=O)c2cccc(O)c2)cc1[N+](=O)[O-]. The Kier molecular flexibility index (Phi) is 5.03. The standard InChI is InChI=1S/C16H15N3O4/c1-2-12-7-6-11(8-15(12)19(22)23)10-17-18-16(21)13-4-3-5-14(20)9-13/h3-10,20H,2H2,1H3,(H,18,21)/b17-10-. The fraction of sp³-hybridized carbons (Fsp3) is 0.125. The zero-order chi connectivity index (χ0) is 16.8. The van der Waals surface area contributed by atoms with Crippen molar-refractivity contribution < 1.29 is 14.8 Å². The second-order valence-electron chi connectivity index (χ2n) is 4.75. The monoisotopic (exact) mass is 313 g/mol. The molecule has 2 aromatic carbocycles. The van der Waals surface area contributed by atoms with Crippen LogP contribution in [0.1, 0.15) is 28.4 Å². The highest BCUT2D eigenvalue weighted by atomic mass is 16.6. The first-order valence-electron chi connectivity index (χ1n) is 6.91. The topological polar surface area (TPSA) is 105 Å². The van der Waals surface area contributed by atoms with Gasteiger partial charge < -0.3 is 5.11 Å². The Bertz CT molecular complexity index is 772. The summed E-state index contributed by atoms with van der Waals surface area (Å²) in [6.45, 7) is 1.84. The van der Waals surface area contributed by atoms with Crippen molar-refractivity contribution in [2.24, 2.45) is 5.10 Å². The molecule has 0 radical (unpaired) electrons. The van der Waals surface area contributed by atoms with Gasteiger partial charge in [0, 0.05) is 22.8 Å². The van der Waals surface area contributed by atoms with E-state index in [-0.39, 0.29) is 17.0 Å². The van der Waals surface area contributed by atoms with Crippen LogP contribution in [0.3, 0.4) is 0 Å². The van der Waals surface area contributed by atoms with Crippen LogP contribution in [0.4, 0.5) is 5.69 Å². The van der Waals surface area contributed by atoms with Crippen LogP contribution in [0.5, 0.6) is 5.75 Å². The third-order valence-corrected chi connectivity index (χ3v) is 3.18. The molecular weight excluding hydrogens is 298 g/mol. The summed E-state index contributed by atoms with van der Waals surface area (Å²) in [6, 6.07) is 10.6. The number of phenolic OH excluding ortho intramolecular Hbond substituents is 1. The molecule has 7 nitrogen and oxygen atoms in total. The number of aromatic hydroxyl groups is 1. The highest BCUT2D eigenvalue weighted by Gasteiger charge is 2.12. The van der Waals surface area contributed by atoms with E-state index in [1.165, 1.54) is 30.5 Å². The zero-order valence-corrected chi connectivity index (χ0v) is 12.4. The van der Waals surface area contributed by atoms with Crippen molar-refractivity contribution in [2.75, 3.05) is 0 Å². The Morgan fingerprint density at radius 3 is 2.78 bits per heavy atom. The minimum absolute atomic E-state index is 0.0209. The van der Waals surface area contributed by atoms with E-state index in [4.69, 9.17) is 0 Å². The van der Waals surface area contributed by atoms with Crippen molar-refractivity contribution in [2.45, 2.75) is 13.3 Å². The molecule has 0 spiro atoms. The van der Waals surface area contributed by atoms with Crippen molar-refractivity contribution in [1.82, 2.24) is 5.43 Å². The van der Waals surface area contributed by atoms with Crippen molar-refractivity contribution in [1.29, 1.82) is 0 Å². The number of nitro benzene ring substituents is 1. The van der Waals surface area contributed by atoms with Gasteiger partial charge in [0.25, 0.3) is 11.6 Å². The molecule has 0 saturated heterocycles. The Labute approximate surface area is 132 Å². The van der Waals surface area contributed by atoms with Gasteiger partial charge in [-0.1, -0.05) is 25.1 Å². The number of amides is 1. The van der Waals surface area contributed by atoms with Gasteiger partial charge in [-0.15, -0.1) is 0 Å². The normalized spacial score (nSPS) is 10.7. The number of hydrazone groups is 1. The number of phenols is 1. The number of aryl methyl sites for hydroxylation is 1. The Morgan fingerprint density at radius 2 is 2.13 bits per heavy atom. The van der Waals surface area contributed by atoms with Crippen molar-refractivity contribution in [3.63, 3.8) is 0 Å². The van der Waals surface area contributed by atoms with Gasteiger partial charge in [0.1, 0.15) is 5.75 Å². The molecule has 0 saturated carbocycles. The molecule has 118 valence electrons. The van der Waals surface area contributed by atoms with Crippen molar-refractivity contribution >= 4 is 17.8 Å². The fourth-order valence-electron chi connectivity index (χ4n) is 2.01. The van der Waals surface area contributed by atoms with Gasteiger partial charge in [0.05, 0.1) is 11.1 Å². The summed E-state index contributed by atoms with van der Waals surface area (Å²) in [5.74, 6) is -0.510. The molecule has 7 heteroatoms. The van der Waals surface area contributed by atoms with Crippen LogP contribution in [0.15, 0.2) is 47.6 Å². The average molecular weight is 313 g/mol. The summed E-state index contributed by atoms with van der Waals surface area (Å²) < 4.78 is 0. The summed E-state index contributed by atoms with van der Waals surface area (Å²) in [5.41, 5.74) is 3.72. The molecular formula is C16H15N3O4. The molecule has 2 aromatic rings. The summed E-state index contributed by atoms with van der Waals surface area (Å²) in [4.78, 5) is 22.4. The van der Waals surface area contributed by atoms with E-state index in [9.17, 15) is 20.0 Å². The van der Waals surface area contributed by atoms with E-state index in [0.29, 0.717) is 17.5 Å². The molecule has 0 fully saturated rings. The number of rotatable bonds is 5. The molecule has 0 aliphatic heterocycles. The minimum Gasteiger partial charge on any atom is -0.508 e. The van der Waals surface area contributed by atoms with Crippen molar-refractivity contribution in [3.8, 4) is 5.75 Å². The molecule has 0 aliphatic rings. The predicted octanol–water partition coefficient (Wildman–Crippen LogP) is 2.63. The number of nitro groups is 1. The maximum Gasteiger partial charge on any atom is 0.273 e. The van der Waals surface area contributed by atoms with Crippen LogP contribution in [0.2, 0.25) is 0 Å². The van der Waals surface area contributed by atoms with E-state index in [1.54, 1.807) is 18.2 Å². The van der Waals surface area contributed by atoms with Crippen LogP contribution < -0.4 is 5.43 Å². The number of benzene rings is 2. The maximum atomic E-state index is 11.8. The van der Waals surface area contributed by atoms with Crippen molar-refractivity contribution in [3.05, 3.63) is 69.3 Å². The van der Waals surface area contributed by atoms with Gasteiger partial charge in [-0.2, -0.15) is 5.10 Å². The van der Waals surface area contributed by atoms with Gasteiger partial charge in [-0.25, -0.2) is 5.43 Å². The Morgan fingerprint density at radius 1 is 1.35 bits per heavy atom. The van der Waals surface area contributed by atoms with Crippen LogP contribution in [-0.4, -0.2) is 22.2 Å². The molecule has 1 amide bonds. The molecule has 0 unspecified atom stereocenters. The molecule has 0 atom stereocenters. The first-order valence-corrected chi connectivity index (χ1v) is 6.91. The number of carbonyl (C=O) groups is 1. The highest BCUT2D eigenvalue weighted by Crippen LogP contribution is 2.20. The van der Waals surface area contributed by atoms with E-state index in [2.05, 4.69) is 10.5 Å². The largest absolute Gasteiger partial charge is 0.508 e. The predicted molar refractivity (Wildman–Crippen MR) is 85.6 cm³/mol. The molecule has 0 bridgehead atoms. The van der Waals surface area contributed by atoms with Gasteiger partial charge in [-0.3, -0.25) is 14.9 Å². The molecule has 0 aliphatic carbocycles. The van der Waals surface area contributed by atoms with E-state index in [1.807, 2.05) is 6.92 Å². The third-order valence-electron chi connectivity index (χ3n) is 3.18. The Balaban J connectivity index is 2.10. The maximum absolute atomic E-state index is 11.8. The smallest absolute Gasteiger partial charge is 0.273 e. The quantitative estimate of drug-likeness (QED) is 0.503. The number of hydrogen-bond acceptors (Lipinski definition) is 5. The van der Waals surface area contributed by atoms with E-state index in [0.717, 1.165) is 0 Å².